The van der Waals surface area contributed by atoms with Crippen molar-refractivity contribution < 1.29 is 53.4 Å². The van der Waals surface area contributed by atoms with E-state index in [1.54, 1.807) is 13.2 Å². The van der Waals surface area contributed by atoms with Crippen molar-refractivity contribution in [2.75, 3.05) is 19.8 Å². The molecular weight excluding hydrogens is 562 g/mol. The Morgan fingerprint density at radius 2 is 1.84 bits per heavy atom. The Labute approximate surface area is 248 Å². The van der Waals surface area contributed by atoms with Gasteiger partial charge in [-0.1, -0.05) is 0 Å². The number of hydrogen-bond acceptors (Lipinski definition) is 11. The van der Waals surface area contributed by atoms with Crippen LogP contribution in [0.25, 0.3) is 11.0 Å². The van der Waals surface area contributed by atoms with Gasteiger partial charge in [-0.3, -0.25) is 9.59 Å². The normalized spacial score (nSPS) is 35.4. The van der Waals surface area contributed by atoms with Gasteiger partial charge < -0.3 is 49.1 Å². The molecule has 2 saturated heterocycles. The largest absolute Gasteiger partial charge is 0.483 e. The summed E-state index contributed by atoms with van der Waals surface area (Å²) in [6.07, 6.45) is -0.893. The van der Waals surface area contributed by atoms with Gasteiger partial charge >= 0.3 is 5.97 Å². The minimum absolute atomic E-state index is 0.0211. The minimum Gasteiger partial charge on any atom is -0.483 e. The van der Waals surface area contributed by atoms with E-state index in [2.05, 4.69) is 5.32 Å². The Morgan fingerprint density at radius 1 is 1.05 bits per heavy atom. The lowest BCUT2D eigenvalue weighted by molar-refractivity contribution is -0.277. The van der Waals surface area contributed by atoms with Crippen LogP contribution in [0.1, 0.15) is 74.0 Å². The lowest BCUT2D eigenvalue weighted by Crippen LogP contribution is -2.60. The van der Waals surface area contributed by atoms with Gasteiger partial charge in [-0.25, -0.2) is 0 Å². The number of fused-ring (bicyclic) bond motifs is 2. The molecule has 0 spiro atoms. The topological polar surface area (TPSA) is 177 Å². The van der Waals surface area contributed by atoms with Crippen molar-refractivity contribution in [2.45, 2.75) is 101 Å². The number of furan rings is 1. The molecule has 1 amide bonds. The summed E-state index contributed by atoms with van der Waals surface area (Å²) in [5.74, 6) is -0.891. The van der Waals surface area contributed by atoms with Gasteiger partial charge in [0.2, 0.25) is 17.9 Å². The number of nitrogens with one attached hydrogen (secondary N) is 1. The Balaban J connectivity index is 1.42. The fourth-order valence-electron chi connectivity index (χ4n) is 7.96. The Bertz CT molecular complexity index is 1400. The third kappa shape index (κ3) is 4.69. The summed E-state index contributed by atoms with van der Waals surface area (Å²) in [6.45, 7) is 1.88. The van der Waals surface area contributed by atoms with Crippen molar-refractivity contribution in [3.63, 3.8) is 0 Å². The molecular formula is C31H39NO11. The zero-order chi connectivity index (χ0) is 30.0. The molecule has 0 unspecified atom stereocenters. The number of ether oxygens (including phenoxy) is 4. The number of hydrogen-bond donors (Lipinski definition) is 5. The van der Waals surface area contributed by atoms with Gasteiger partial charge in [0.05, 0.1) is 31.5 Å². The van der Waals surface area contributed by atoms with Crippen molar-refractivity contribution >= 4 is 22.8 Å². The molecule has 43 heavy (non-hydrogen) atoms. The quantitative estimate of drug-likeness (QED) is 0.290. The van der Waals surface area contributed by atoms with Crippen LogP contribution in [0.2, 0.25) is 0 Å². The van der Waals surface area contributed by atoms with E-state index in [0.29, 0.717) is 36.3 Å². The zero-order valence-electron chi connectivity index (χ0n) is 24.1. The molecule has 2 aromatic rings. The van der Waals surface area contributed by atoms with E-state index in [9.17, 15) is 30.0 Å². The first-order chi connectivity index (χ1) is 20.8. The van der Waals surface area contributed by atoms with E-state index in [-0.39, 0.29) is 54.5 Å². The monoisotopic (exact) mass is 601 g/mol. The third-order valence-electron chi connectivity index (χ3n) is 10.1. The first kappa shape index (κ1) is 28.8. The summed E-state index contributed by atoms with van der Waals surface area (Å²) in [4.78, 5) is 26.2. The summed E-state index contributed by atoms with van der Waals surface area (Å²) in [6, 6.07) is 0. The van der Waals surface area contributed by atoms with Crippen molar-refractivity contribution in [1.82, 2.24) is 5.32 Å². The predicted molar refractivity (Wildman–Crippen MR) is 149 cm³/mol. The Hall–Kier alpha value is -2.90. The van der Waals surface area contributed by atoms with Gasteiger partial charge in [0.25, 0.3) is 0 Å². The van der Waals surface area contributed by atoms with Crippen molar-refractivity contribution in [3.8, 4) is 11.5 Å². The van der Waals surface area contributed by atoms with Crippen LogP contribution in [0.5, 0.6) is 11.5 Å². The average Bonchev–Trinajstić information content (AvgIpc) is 3.74. The first-order valence-electron chi connectivity index (χ1n) is 15.5. The van der Waals surface area contributed by atoms with Crippen molar-refractivity contribution in [2.24, 2.45) is 11.8 Å². The molecule has 1 saturated carbocycles. The van der Waals surface area contributed by atoms with Gasteiger partial charge in [-0.05, 0) is 63.4 Å². The molecule has 5 N–H and O–H groups in total. The molecule has 234 valence electrons. The SMILES string of the molecule is CCOC(=O)[C@H]1Cc2c(O[C@H]3O[C@H](CO)[C@@H](O)[C@H](O)[C@H]3O)c(OC3CCCC3)c3occ4c3c2[C@@H](C1)C[C@H]1C(=O)NC[C@@H]41. The molecule has 5 aliphatic rings. The van der Waals surface area contributed by atoms with Crippen LogP contribution in [0.4, 0.5) is 0 Å². The van der Waals surface area contributed by atoms with Crippen LogP contribution in [0.15, 0.2) is 10.7 Å². The molecule has 3 fully saturated rings. The van der Waals surface area contributed by atoms with Gasteiger partial charge in [0, 0.05) is 34.9 Å². The lowest BCUT2D eigenvalue weighted by atomic mass is 9.72. The molecule has 7 rings (SSSR count). The second-order valence-electron chi connectivity index (χ2n) is 12.6. The maximum absolute atomic E-state index is 13.2. The number of carbonyl (C=O) groups is 2. The van der Waals surface area contributed by atoms with Gasteiger partial charge in [-0.15, -0.1) is 0 Å². The minimum atomic E-state index is -1.64. The van der Waals surface area contributed by atoms with Crippen LogP contribution in [-0.2, 0) is 25.5 Å². The van der Waals surface area contributed by atoms with Gasteiger partial charge in [0.15, 0.2) is 11.3 Å². The van der Waals surface area contributed by atoms with Gasteiger partial charge in [-0.2, -0.15) is 0 Å². The molecule has 9 atom stereocenters. The van der Waals surface area contributed by atoms with E-state index in [1.165, 1.54) is 0 Å². The van der Waals surface area contributed by atoms with Crippen molar-refractivity contribution in [3.05, 3.63) is 23.0 Å². The smallest absolute Gasteiger partial charge is 0.309 e. The van der Waals surface area contributed by atoms with Crippen LogP contribution in [0.3, 0.4) is 0 Å². The second kappa shape index (κ2) is 11.2. The summed E-state index contributed by atoms with van der Waals surface area (Å²) in [7, 11) is 0. The second-order valence-corrected chi connectivity index (χ2v) is 12.6. The Morgan fingerprint density at radius 3 is 2.58 bits per heavy atom. The molecule has 0 bridgehead atoms. The van der Waals surface area contributed by atoms with Crippen LogP contribution in [0, 0.1) is 11.8 Å². The van der Waals surface area contributed by atoms with E-state index in [4.69, 9.17) is 23.4 Å². The molecule has 1 aromatic heterocycles. The maximum atomic E-state index is 13.2. The fraction of sp³-hybridized carbons (Fsp3) is 0.677. The number of benzene rings is 1. The molecule has 12 nitrogen and oxygen atoms in total. The highest BCUT2D eigenvalue weighted by atomic mass is 16.7. The highest BCUT2D eigenvalue weighted by Crippen LogP contribution is 2.57. The third-order valence-corrected chi connectivity index (χ3v) is 10.1. The zero-order valence-corrected chi connectivity index (χ0v) is 24.1. The molecule has 3 heterocycles. The predicted octanol–water partition coefficient (Wildman–Crippen LogP) is 1.38. The average molecular weight is 602 g/mol. The molecule has 0 radical (unpaired) electrons. The fourth-order valence-corrected chi connectivity index (χ4v) is 7.96. The standard InChI is InChI=1S/C31H39NO11/c1-2-39-30(38)14-7-13-8-16-18(10-32-29(16)37)19-12-40-27-22(19)21(13)17(9-14)26(28(27)41-15-5-3-4-6-15)43-31-25(36)24(35)23(34)20(11-33)42-31/h12-16,18,20,23-25,31,33-36H,2-11H2,1H3,(H,32,37)/t13-,14+,16+,18+,20+,23+,24-,25+,31+/m0/s1. The van der Waals surface area contributed by atoms with E-state index < -0.39 is 43.2 Å². The molecule has 2 aliphatic heterocycles. The van der Waals surface area contributed by atoms with Gasteiger partial charge in [0.1, 0.15) is 24.4 Å². The van der Waals surface area contributed by atoms with E-state index in [1.807, 2.05) is 0 Å². The molecule has 3 aliphatic carbocycles. The highest BCUT2D eigenvalue weighted by Gasteiger charge is 2.49. The van der Waals surface area contributed by atoms with E-state index >= 15 is 0 Å². The van der Waals surface area contributed by atoms with Crippen molar-refractivity contribution in [1.29, 1.82) is 0 Å². The first-order valence-corrected chi connectivity index (χ1v) is 15.5. The number of aliphatic hydroxyl groups is 4. The Kier molecular flexibility index (Phi) is 7.53. The summed E-state index contributed by atoms with van der Waals surface area (Å²) < 4.78 is 30.5. The summed E-state index contributed by atoms with van der Waals surface area (Å²) >= 11 is 0. The molecule has 1 aromatic carbocycles. The van der Waals surface area contributed by atoms with Crippen LogP contribution < -0.4 is 14.8 Å². The van der Waals surface area contributed by atoms with E-state index in [0.717, 1.165) is 42.2 Å². The summed E-state index contributed by atoms with van der Waals surface area (Å²) in [5, 5.41) is 45.5. The maximum Gasteiger partial charge on any atom is 0.309 e. The highest BCUT2D eigenvalue weighted by molar-refractivity contribution is 5.97. The summed E-state index contributed by atoms with van der Waals surface area (Å²) in [5.41, 5.74) is 3.01. The number of aliphatic hydroxyl groups excluding tert-OH is 4. The van der Waals surface area contributed by atoms with Crippen LogP contribution >= 0.6 is 0 Å². The number of amides is 1. The van der Waals surface area contributed by atoms with Crippen LogP contribution in [-0.4, -0.2) is 88.9 Å². The lowest BCUT2D eigenvalue weighted by Gasteiger charge is -2.40. The number of rotatable bonds is 7. The number of esters is 1. The number of carbonyl (C=O) groups excluding carboxylic acids is 2. The molecule has 12 heteroatoms.